The number of methoxy groups -OCH3 is 1. The Morgan fingerprint density at radius 1 is 1.15 bits per heavy atom. The maximum Gasteiger partial charge on any atom is 0.338 e. The summed E-state index contributed by atoms with van der Waals surface area (Å²) in [6.07, 6.45) is 0. The van der Waals surface area contributed by atoms with E-state index in [-0.39, 0.29) is 24.5 Å². The number of piperazine rings is 1. The van der Waals surface area contributed by atoms with Gasteiger partial charge in [0, 0.05) is 56.9 Å². The lowest BCUT2D eigenvalue weighted by Crippen LogP contribution is -2.53. The van der Waals surface area contributed by atoms with E-state index in [9.17, 15) is 14.4 Å². The Bertz CT molecular complexity index is 921. The second-order valence-electron chi connectivity index (χ2n) is 8.52. The number of nitrogens with zero attached hydrogens (tertiary/aromatic N) is 3. The number of para-hydroxylation sites is 1. The van der Waals surface area contributed by atoms with Crippen LogP contribution in [0.5, 0.6) is 5.75 Å². The van der Waals surface area contributed by atoms with Crippen LogP contribution in [0, 0.1) is 5.92 Å². The van der Waals surface area contributed by atoms with E-state index in [0.29, 0.717) is 55.3 Å². The summed E-state index contributed by atoms with van der Waals surface area (Å²) in [5, 5.41) is 2.93. The predicted molar refractivity (Wildman–Crippen MR) is 124 cm³/mol. The summed E-state index contributed by atoms with van der Waals surface area (Å²) in [6.45, 7) is 8.73. The maximum absolute atomic E-state index is 13.1. The molecule has 9 heteroatoms. The lowest BCUT2D eigenvalue weighted by Gasteiger charge is -2.40. The van der Waals surface area contributed by atoms with Gasteiger partial charge in [-0.1, -0.05) is 32.0 Å². The van der Waals surface area contributed by atoms with E-state index in [4.69, 9.17) is 9.47 Å². The number of likely N-dealkylation sites (N-methyl/N-ethyl adjacent to an activating group) is 1. The molecule has 1 fully saturated rings. The van der Waals surface area contributed by atoms with Crippen LogP contribution in [0.15, 0.2) is 35.5 Å². The maximum atomic E-state index is 13.1. The van der Waals surface area contributed by atoms with Crippen LogP contribution in [0.2, 0.25) is 0 Å². The van der Waals surface area contributed by atoms with Crippen LogP contribution in [-0.4, -0.2) is 86.1 Å². The van der Waals surface area contributed by atoms with Crippen molar-refractivity contribution in [2.45, 2.75) is 26.8 Å². The zero-order valence-electron chi connectivity index (χ0n) is 20.1. The third-order valence-electron chi connectivity index (χ3n) is 6.07. The van der Waals surface area contributed by atoms with Crippen molar-refractivity contribution in [3.63, 3.8) is 0 Å². The molecule has 1 aromatic carbocycles. The number of rotatable bonds is 7. The highest BCUT2D eigenvalue weighted by Crippen LogP contribution is 2.35. The van der Waals surface area contributed by atoms with Crippen LogP contribution in [0.3, 0.4) is 0 Å². The van der Waals surface area contributed by atoms with Gasteiger partial charge >= 0.3 is 12.0 Å². The minimum absolute atomic E-state index is 0.0375. The van der Waals surface area contributed by atoms with E-state index in [1.807, 2.05) is 36.9 Å². The summed E-state index contributed by atoms with van der Waals surface area (Å²) in [4.78, 5) is 43.9. The molecule has 1 aromatic rings. The van der Waals surface area contributed by atoms with E-state index in [1.165, 1.54) is 4.90 Å². The summed E-state index contributed by atoms with van der Waals surface area (Å²) in [5.74, 6) is 0.217. The van der Waals surface area contributed by atoms with Gasteiger partial charge in [0.05, 0.1) is 25.3 Å². The van der Waals surface area contributed by atoms with Crippen molar-refractivity contribution in [2.75, 3.05) is 53.5 Å². The zero-order chi connectivity index (χ0) is 24.1. The fourth-order valence-corrected chi connectivity index (χ4v) is 4.24. The van der Waals surface area contributed by atoms with Gasteiger partial charge in [-0.25, -0.2) is 9.59 Å². The van der Waals surface area contributed by atoms with Gasteiger partial charge < -0.3 is 19.7 Å². The average molecular weight is 459 g/mol. The molecule has 0 bridgehead atoms. The lowest BCUT2D eigenvalue weighted by atomic mass is 9.93. The van der Waals surface area contributed by atoms with Crippen LogP contribution in [0.25, 0.3) is 0 Å². The molecule has 0 aromatic heterocycles. The van der Waals surface area contributed by atoms with Crippen molar-refractivity contribution in [1.82, 2.24) is 20.0 Å². The number of urea groups is 1. The van der Waals surface area contributed by atoms with E-state index in [2.05, 4.69) is 10.2 Å². The van der Waals surface area contributed by atoms with E-state index >= 15 is 0 Å². The van der Waals surface area contributed by atoms with Crippen LogP contribution in [-0.2, 0) is 14.3 Å². The molecule has 1 atom stereocenters. The SMILES string of the molecule is CCOC(=O)C1=C(CN2CCN(C(=O)C(C)C)CC2)N(C)C(=O)N[C@@H]1c1ccccc1OC. The first-order valence-corrected chi connectivity index (χ1v) is 11.4. The Labute approximate surface area is 195 Å². The molecule has 3 rings (SSSR count). The zero-order valence-corrected chi connectivity index (χ0v) is 20.1. The highest BCUT2D eigenvalue weighted by molar-refractivity contribution is 5.95. The highest BCUT2D eigenvalue weighted by Gasteiger charge is 2.38. The van der Waals surface area contributed by atoms with Crippen LogP contribution < -0.4 is 10.1 Å². The molecular weight excluding hydrogens is 424 g/mol. The van der Waals surface area contributed by atoms with Gasteiger partial charge in [0.2, 0.25) is 5.91 Å². The fourth-order valence-electron chi connectivity index (χ4n) is 4.24. The minimum atomic E-state index is -0.692. The second-order valence-corrected chi connectivity index (χ2v) is 8.52. The summed E-state index contributed by atoms with van der Waals surface area (Å²) >= 11 is 0. The van der Waals surface area contributed by atoms with Crippen LogP contribution >= 0.6 is 0 Å². The monoisotopic (exact) mass is 458 g/mol. The number of benzene rings is 1. The Morgan fingerprint density at radius 2 is 1.82 bits per heavy atom. The normalized spacial score (nSPS) is 19.6. The number of amides is 3. The smallest absolute Gasteiger partial charge is 0.338 e. The molecule has 2 heterocycles. The van der Waals surface area contributed by atoms with Crippen molar-refractivity contribution in [1.29, 1.82) is 0 Å². The molecule has 0 spiro atoms. The summed E-state index contributed by atoms with van der Waals surface area (Å²) < 4.78 is 10.9. The molecular formula is C24H34N4O5. The molecule has 1 saturated heterocycles. The number of carbonyl (C=O) groups excluding carboxylic acids is 3. The molecule has 0 aliphatic carbocycles. The number of hydrogen-bond donors (Lipinski definition) is 1. The van der Waals surface area contributed by atoms with Gasteiger partial charge in [-0.15, -0.1) is 0 Å². The molecule has 9 nitrogen and oxygen atoms in total. The summed E-state index contributed by atoms with van der Waals surface area (Å²) in [6, 6.07) is 6.32. The third-order valence-corrected chi connectivity index (χ3v) is 6.07. The summed E-state index contributed by atoms with van der Waals surface area (Å²) in [5.41, 5.74) is 1.68. The molecule has 1 N–H and O–H groups in total. The number of hydrogen-bond acceptors (Lipinski definition) is 6. The lowest BCUT2D eigenvalue weighted by molar-refractivity contribution is -0.139. The molecule has 0 radical (unpaired) electrons. The average Bonchev–Trinajstić information content (AvgIpc) is 2.81. The Balaban J connectivity index is 1.94. The number of carbonyl (C=O) groups is 3. The van der Waals surface area contributed by atoms with Crippen molar-refractivity contribution in [3.05, 3.63) is 41.1 Å². The molecule has 2 aliphatic rings. The molecule has 180 valence electrons. The second kappa shape index (κ2) is 10.7. The van der Waals surface area contributed by atoms with Gasteiger partial charge in [0.25, 0.3) is 0 Å². The standard InChI is InChI=1S/C24H34N4O5/c1-6-33-23(30)20-18(15-27-11-13-28(14-12-27)22(29)16(2)3)26(4)24(31)25-21(20)17-9-7-8-10-19(17)32-5/h7-10,16,21H,6,11-15H2,1-5H3,(H,25,31)/t21-/m1/s1. The van der Waals surface area contributed by atoms with Crippen molar-refractivity contribution in [3.8, 4) is 5.75 Å². The van der Waals surface area contributed by atoms with E-state index < -0.39 is 12.0 Å². The van der Waals surface area contributed by atoms with Crippen molar-refractivity contribution >= 4 is 17.9 Å². The van der Waals surface area contributed by atoms with Gasteiger partial charge in [0.1, 0.15) is 5.75 Å². The van der Waals surface area contributed by atoms with E-state index in [1.54, 1.807) is 27.1 Å². The number of nitrogens with one attached hydrogen (secondary N) is 1. The fraction of sp³-hybridized carbons (Fsp3) is 0.542. The van der Waals surface area contributed by atoms with Gasteiger partial charge in [0.15, 0.2) is 0 Å². The number of esters is 1. The summed E-state index contributed by atoms with van der Waals surface area (Å²) in [7, 11) is 3.21. The van der Waals surface area contributed by atoms with Crippen LogP contribution in [0.4, 0.5) is 4.79 Å². The first kappa shape index (κ1) is 24.6. The minimum Gasteiger partial charge on any atom is -0.496 e. The molecule has 0 unspecified atom stereocenters. The van der Waals surface area contributed by atoms with Crippen molar-refractivity contribution < 1.29 is 23.9 Å². The number of ether oxygens (including phenoxy) is 2. The Morgan fingerprint density at radius 3 is 2.42 bits per heavy atom. The van der Waals surface area contributed by atoms with Gasteiger partial charge in [-0.3, -0.25) is 14.6 Å². The molecule has 0 saturated carbocycles. The van der Waals surface area contributed by atoms with E-state index in [0.717, 1.165) is 0 Å². The largest absolute Gasteiger partial charge is 0.496 e. The molecule has 33 heavy (non-hydrogen) atoms. The third kappa shape index (κ3) is 5.30. The van der Waals surface area contributed by atoms with Crippen LogP contribution in [0.1, 0.15) is 32.4 Å². The quantitative estimate of drug-likeness (QED) is 0.629. The van der Waals surface area contributed by atoms with Crippen molar-refractivity contribution in [2.24, 2.45) is 5.92 Å². The molecule has 2 aliphatic heterocycles. The highest BCUT2D eigenvalue weighted by atomic mass is 16.5. The first-order valence-electron chi connectivity index (χ1n) is 11.4. The van der Waals surface area contributed by atoms with Gasteiger partial charge in [-0.05, 0) is 13.0 Å². The predicted octanol–water partition coefficient (Wildman–Crippen LogP) is 2.01. The Kier molecular flexibility index (Phi) is 7.97. The van der Waals surface area contributed by atoms with Gasteiger partial charge in [-0.2, -0.15) is 0 Å². The topological polar surface area (TPSA) is 91.4 Å². The molecule has 3 amide bonds. The first-order chi connectivity index (χ1) is 15.8. The Hall–Kier alpha value is -3.07.